The van der Waals surface area contributed by atoms with Gasteiger partial charge >= 0.3 is 0 Å². The number of benzene rings is 2. The van der Waals surface area contributed by atoms with Gasteiger partial charge in [-0.3, -0.25) is 9.63 Å². The molecule has 0 aromatic heterocycles. The third-order valence-corrected chi connectivity index (χ3v) is 3.08. The minimum Gasteiger partial charge on any atom is -0.496 e. The molecule has 0 radical (unpaired) electrons. The van der Waals surface area contributed by atoms with Crippen LogP contribution in [0.1, 0.15) is 17.5 Å². The van der Waals surface area contributed by atoms with Crippen molar-refractivity contribution in [2.24, 2.45) is 0 Å². The van der Waals surface area contributed by atoms with Crippen molar-refractivity contribution in [3.63, 3.8) is 0 Å². The Morgan fingerprint density at radius 3 is 2.52 bits per heavy atom. The number of hydrogen-bond acceptors (Lipinski definition) is 3. The van der Waals surface area contributed by atoms with Crippen molar-refractivity contribution in [2.45, 2.75) is 19.4 Å². The summed E-state index contributed by atoms with van der Waals surface area (Å²) < 4.78 is 5.25. The summed E-state index contributed by atoms with van der Waals surface area (Å²) in [6.45, 7) is 0.362. The van der Waals surface area contributed by atoms with E-state index in [1.165, 1.54) is 0 Å². The first-order chi connectivity index (χ1) is 10.3. The lowest BCUT2D eigenvalue weighted by Crippen LogP contribution is -2.23. The van der Waals surface area contributed by atoms with Gasteiger partial charge < -0.3 is 4.74 Å². The van der Waals surface area contributed by atoms with Crippen LogP contribution in [0.25, 0.3) is 0 Å². The van der Waals surface area contributed by atoms with Gasteiger partial charge in [-0.25, -0.2) is 5.48 Å². The number of methoxy groups -OCH3 is 1. The third kappa shape index (κ3) is 4.93. The number of nitrogens with one attached hydrogen (secondary N) is 1. The summed E-state index contributed by atoms with van der Waals surface area (Å²) in [6.07, 6.45) is 0.972. The summed E-state index contributed by atoms with van der Waals surface area (Å²) in [4.78, 5) is 16.9. The molecule has 1 N–H and O–H groups in total. The monoisotopic (exact) mass is 285 g/mol. The maximum Gasteiger partial charge on any atom is 0.243 e. The van der Waals surface area contributed by atoms with Gasteiger partial charge in [0.05, 0.1) is 13.7 Å². The Morgan fingerprint density at radius 2 is 1.76 bits per heavy atom. The molecule has 0 aliphatic rings. The molecule has 0 heterocycles. The lowest BCUT2D eigenvalue weighted by molar-refractivity contribution is -0.134. The van der Waals surface area contributed by atoms with Gasteiger partial charge in [0, 0.05) is 6.42 Å². The summed E-state index contributed by atoms with van der Waals surface area (Å²) >= 11 is 0. The van der Waals surface area contributed by atoms with Crippen LogP contribution in [0.2, 0.25) is 0 Å². The maximum absolute atomic E-state index is 11.7. The van der Waals surface area contributed by atoms with E-state index in [-0.39, 0.29) is 5.91 Å². The van der Waals surface area contributed by atoms with Crippen molar-refractivity contribution in [1.82, 2.24) is 5.48 Å². The number of ether oxygens (including phenoxy) is 1. The van der Waals surface area contributed by atoms with Crippen LogP contribution in [-0.2, 0) is 22.7 Å². The van der Waals surface area contributed by atoms with E-state index < -0.39 is 0 Å². The molecule has 110 valence electrons. The normalized spacial score (nSPS) is 10.1. The van der Waals surface area contributed by atoms with E-state index in [1.807, 2.05) is 54.6 Å². The number of amides is 1. The quantitative estimate of drug-likeness (QED) is 0.796. The zero-order chi connectivity index (χ0) is 14.9. The van der Waals surface area contributed by atoms with E-state index in [4.69, 9.17) is 9.57 Å². The smallest absolute Gasteiger partial charge is 0.243 e. The number of rotatable bonds is 7. The molecule has 21 heavy (non-hydrogen) atoms. The molecule has 0 spiro atoms. The second-order valence-corrected chi connectivity index (χ2v) is 4.61. The lowest BCUT2D eigenvalue weighted by atomic mass is 10.1. The largest absolute Gasteiger partial charge is 0.496 e. The minimum absolute atomic E-state index is 0.142. The van der Waals surface area contributed by atoms with Gasteiger partial charge in [-0.05, 0) is 23.6 Å². The van der Waals surface area contributed by atoms with Gasteiger partial charge in [-0.1, -0.05) is 48.5 Å². The number of hydroxylamine groups is 1. The molecule has 0 saturated carbocycles. The Kier molecular flexibility index (Phi) is 5.79. The van der Waals surface area contributed by atoms with Crippen molar-refractivity contribution < 1.29 is 14.4 Å². The summed E-state index contributed by atoms with van der Waals surface area (Å²) in [5.41, 5.74) is 4.49. The second kappa shape index (κ2) is 8.07. The van der Waals surface area contributed by atoms with Crippen LogP contribution in [0.5, 0.6) is 5.75 Å². The zero-order valence-electron chi connectivity index (χ0n) is 12.0. The number of aryl methyl sites for hydroxylation is 1. The first-order valence-corrected chi connectivity index (χ1v) is 6.86. The molecule has 4 nitrogen and oxygen atoms in total. The highest BCUT2D eigenvalue weighted by molar-refractivity contribution is 5.75. The minimum atomic E-state index is -0.142. The maximum atomic E-state index is 11.7. The van der Waals surface area contributed by atoms with E-state index in [9.17, 15) is 4.79 Å². The van der Waals surface area contributed by atoms with Crippen molar-refractivity contribution in [1.29, 1.82) is 0 Å². The molecule has 1 amide bonds. The lowest BCUT2D eigenvalue weighted by Gasteiger charge is -2.08. The van der Waals surface area contributed by atoms with Crippen LogP contribution < -0.4 is 10.2 Å². The summed E-state index contributed by atoms with van der Waals surface area (Å²) in [5.74, 6) is 0.660. The SMILES string of the molecule is COc1ccccc1CCC(=O)NOCc1ccccc1. The highest BCUT2D eigenvalue weighted by atomic mass is 16.6. The first kappa shape index (κ1) is 15.1. The standard InChI is InChI=1S/C17H19NO3/c1-20-16-10-6-5-9-15(16)11-12-17(19)18-21-13-14-7-3-2-4-8-14/h2-10H,11-13H2,1H3,(H,18,19). The number of hydrogen-bond donors (Lipinski definition) is 1. The van der Waals surface area contributed by atoms with E-state index in [0.29, 0.717) is 19.4 Å². The fraction of sp³-hybridized carbons (Fsp3) is 0.235. The first-order valence-electron chi connectivity index (χ1n) is 6.86. The average Bonchev–Trinajstić information content (AvgIpc) is 2.54. The number of para-hydroxylation sites is 1. The van der Waals surface area contributed by atoms with Crippen LogP contribution in [0.4, 0.5) is 0 Å². The van der Waals surface area contributed by atoms with Crippen LogP contribution >= 0.6 is 0 Å². The summed E-state index contributed by atoms with van der Waals surface area (Å²) in [6, 6.07) is 17.4. The predicted molar refractivity (Wildman–Crippen MR) is 80.7 cm³/mol. The Balaban J connectivity index is 1.72. The zero-order valence-corrected chi connectivity index (χ0v) is 12.0. The van der Waals surface area contributed by atoms with E-state index >= 15 is 0 Å². The van der Waals surface area contributed by atoms with Gasteiger partial charge in [-0.15, -0.1) is 0 Å². The van der Waals surface area contributed by atoms with Crippen LogP contribution in [0.3, 0.4) is 0 Å². The topological polar surface area (TPSA) is 47.6 Å². The van der Waals surface area contributed by atoms with Gasteiger partial charge in [-0.2, -0.15) is 0 Å². The van der Waals surface area contributed by atoms with Gasteiger partial charge in [0.1, 0.15) is 5.75 Å². The van der Waals surface area contributed by atoms with E-state index in [2.05, 4.69) is 5.48 Å². The Hall–Kier alpha value is -2.33. The second-order valence-electron chi connectivity index (χ2n) is 4.61. The fourth-order valence-corrected chi connectivity index (χ4v) is 1.98. The summed E-state index contributed by atoms with van der Waals surface area (Å²) in [7, 11) is 1.63. The summed E-state index contributed by atoms with van der Waals surface area (Å²) in [5, 5.41) is 0. The predicted octanol–water partition coefficient (Wildman–Crippen LogP) is 2.88. The fourth-order valence-electron chi connectivity index (χ4n) is 1.98. The van der Waals surface area contributed by atoms with E-state index in [0.717, 1.165) is 16.9 Å². The van der Waals surface area contributed by atoms with Crippen LogP contribution in [0.15, 0.2) is 54.6 Å². The van der Waals surface area contributed by atoms with Crippen molar-refractivity contribution in [3.05, 3.63) is 65.7 Å². The van der Waals surface area contributed by atoms with E-state index in [1.54, 1.807) is 7.11 Å². The van der Waals surface area contributed by atoms with Crippen molar-refractivity contribution >= 4 is 5.91 Å². The molecule has 4 heteroatoms. The highest BCUT2D eigenvalue weighted by Gasteiger charge is 2.06. The van der Waals surface area contributed by atoms with Gasteiger partial charge in [0.25, 0.3) is 0 Å². The van der Waals surface area contributed by atoms with Crippen LogP contribution in [-0.4, -0.2) is 13.0 Å². The Morgan fingerprint density at radius 1 is 1.05 bits per heavy atom. The van der Waals surface area contributed by atoms with Crippen LogP contribution in [0, 0.1) is 0 Å². The number of carbonyl (C=O) groups is 1. The highest BCUT2D eigenvalue weighted by Crippen LogP contribution is 2.18. The molecule has 0 fully saturated rings. The molecular weight excluding hydrogens is 266 g/mol. The molecule has 2 aromatic carbocycles. The molecular formula is C17H19NO3. The molecule has 0 unspecified atom stereocenters. The molecule has 2 rings (SSSR count). The Labute approximate surface area is 124 Å². The molecule has 2 aromatic rings. The van der Waals surface area contributed by atoms with Gasteiger partial charge in [0.15, 0.2) is 0 Å². The number of carbonyl (C=O) groups excluding carboxylic acids is 1. The molecule has 0 atom stereocenters. The Bertz CT molecular complexity index is 569. The van der Waals surface area contributed by atoms with Crippen molar-refractivity contribution in [2.75, 3.05) is 7.11 Å². The molecule has 0 aliphatic heterocycles. The molecule has 0 aliphatic carbocycles. The molecule has 0 saturated heterocycles. The third-order valence-electron chi connectivity index (χ3n) is 3.08. The van der Waals surface area contributed by atoms with Crippen molar-refractivity contribution in [3.8, 4) is 5.75 Å². The average molecular weight is 285 g/mol. The molecule has 0 bridgehead atoms. The van der Waals surface area contributed by atoms with Gasteiger partial charge in [0.2, 0.25) is 5.91 Å².